The predicted octanol–water partition coefficient (Wildman–Crippen LogP) is 2.83. The van der Waals surface area contributed by atoms with E-state index < -0.39 is 5.82 Å². The smallest absolute Gasteiger partial charge is 0.147 e. The van der Waals surface area contributed by atoms with Crippen LogP contribution in [0.25, 0.3) is 0 Å². The molecule has 88 valence electrons. The van der Waals surface area contributed by atoms with Gasteiger partial charge in [0, 0.05) is 12.6 Å². The van der Waals surface area contributed by atoms with Crippen molar-refractivity contribution < 1.29 is 4.39 Å². The van der Waals surface area contributed by atoms with E-state index in [4.69, 9.17) is 10.5 Å². The minimum Gasteiger partial charge on any atom is -0.366 e. The van der Waals surface area contributed by atoms with Crippen molar-refractivity contribution in [2.24, 2.45) is 0 Å². The molecule has 0 spiro atoms. The monoisotopic (exact) mass is 231 g/mol. The van der Waals surface area contributed by atoms with Crippen LogP contribution < -0.4 is 4.90 Å². The lowest BCUT2D eigenvalue weighted by Crippen LogP contribution is -2.32. The lowest BCUT2D eigenvalue weighted by molar-refractivity contribution is 0.600. The first-order valence-electron chi connectivity index (χ1n) is 5.43. The summed E-state index contributed by atoms with van der Waals surface area (Å²) >= 11 is 0. The first-order chi connectivity index (χ1) is 8.10. The zero-order valence-corrected chi connectivity index (χ0v) is 9.94. The average Bonchev–Trinajstić information content (AvgIpc) is 2.30. The molecule has 0 radical (unpaired) electrons. The number of anilines is 1. The number of benzene rings is 1. The summed E-state index contributed by atoms with van der Waals surface area (Å²) in [5.74, 6) is -0.421. The highest BCUT2D eigenvalue weighted by molar-refractivity contribution is 5.51. The molecule has 0 heterocycles. The van der Waals surface area contributed by atoms with Crippen molar-refractivity contribution >= 4 is 5.69 Å². The van der Waals surface area contributed by atoms with E-state index in [1.54, 1.807) is 12.1 Å². The van der Waals surface area contributed by atoms with Crippen LogP contribution in [0.5, 0.6) is 0 Å². The van der Waals surface area contributed by atoms with Crippen LogP contribution in [-0.4, -0.2) is 12.6 Å². The van der Waals surface area contributed by atoms with Gasteiger partial charge in [-0.15, -0.1) is 0 Å². The normalized spacial score (nSPS) is 9.76. The Balaban J connectivity index is 3.03. The van der Waals surface area contributed by atoms with E-state index in [0.29, 0.717) is 24.2 Å². The van der Waals surface area contributed by atoms with Gasteiger partial charge in [0.1, 0.15) is 5.82 Å². The molecule has 0 amide bonds. The molecule has 1 aromatic rings. The Bertz CT molecular complexity index is 469. The molecule has 0 unspecified atom stereocenters. The van der Waals surface area contributed by atoms with E-state index in [1.807, 2.05) is 30.9 Å². The van der Waals surface area contributed by atoms with E-state index in [1.165, 1.54) is 6.07 Å². The SMILES string of the molecule is CC(C)N(CCC#N)c1ccc(C#N)cc1F. The Hall–Kier alpha value is -2.07. The van der Waals surface area contributed by atoms with E-state index in [9.17, 15) is 4.39 Å². The number of hydrogen-bond acceptors (Lipinski definition) is 3. The van der Waals surface area contributed by atoms with Crippen molar-refractivity contribution in [2.75, 3.05) is 11.4 Å². The molecule has 0 saturated heterocycles. The minimum atomic E-state index is -0.421. The Labute approximate surface area is 101 Å². The van der Waals surface area contributed by atoms with Crippen LogP contribution in [0, 0.1) is 28.5 Å². The van der Waals surface area contributed by atoms with Crippen LogP contribution in [0.1, 0.15) is 25.8 Å². The minimum absolute atomic E-state index is 0.103. The Morgan fingerprint density at radius 3 is 2.53 bits per heavy atom. The van der Waals surface area contributed by atoms with Crippen molar-refractivity contribution in [3.63, 3.8) is 0 Å². The first kappa shape index (κ1) is 13.0. The van der Waals surface area contributed by atoms with Crippen LogP contribution in [-0.2, 0) is 0 Å². The van der Waals surface area contributed by atoms with E-state index in [0.717, 1.165) is 0 Å². The maximum Gasteiger partial charge on any atom is 0.147 e. The van der Waals surface area contributed by atoms with Gasteiger partial charge in [-0.1, -0.05) is 0 Å². The van der Waals surface area contributed by atoms with Crippen molar-refractivity contribution in [3.8, 4) is 12.1 Å². The largest absolute Gasteiger partial charge is 0.366 e. The van der Waals surface area contributed by atoms with Gasteiger partial charge in [-0.05, 0) is 32.0 Å². The standard InChI is InChI=1S/C13H14FN3/c1-10(2)17(7-3-6-15)13-5-4-11(9-16)8-12(13)14/h4-5,8,10H,3,7H2,1-2H3. The van der Waals surface area contributed by atoms with Crippen LogP contribution >= 0.6 is 0 Å². The lowest BCUT2D eigenvalue weighted by atomic mass is 10.1. The molecule has 0 aliphatic heterocycles. The van der Waals surface area contributed by atoms with Crippen LogP contribution in [0.2, 0.25) is 0 Å². The second kappa shape index (κ2) is 5.86. The summed E-state index contributed by atoms with van der Waals surface area (Å²) in [5.41, 5.74) is 0.740. The van der Waals surface area contributed by atoms with Crippen molar-refractivity contribution in [1.29, 1.82) is 10.5 Å². The number of nitriles is 2. The van der Waals surface area contributed by atoms with E-state index in [-0.39, 0.29) is 6.04 Å². The molecule has 0 aromatic heterocycles. The molecule has 0 atom stereocenters. The molecule has 0 aliphatic carbocycles. The molecule has 0 bridgehead atoms. The summed E-state index contributed by atoms with van der Waals surface area (Å²) in [6.07, 6.45) is 0.345. The quantitative estimate of drug-likeness (QED) is 0.800. The van der Waals surface area contributed by atoms with Crippen LogP contribution in [0.3, 0.4) is 0 Å². The Kier molecular flexibility index (Phi) is 4.48. The molecule has 1 rings (SSSR count). The van der Waals surface area contributed by atoms with Gasteiger partial charge < -0.3 is 4.90 Å². The van der Waals surface area contributed by atoms with E-state index >= 15 is 0 Å². The highest BCUT2D eigenvalue weighted by atomic mass is 19.1. The molecule has 4 heteroatoms. The Morgan fingerprint density at radius 1 is 1.35 bits per heavy atom. The second-order valence-corrected chi connectivity index (χ2v) is 3.97. The third-order valence-corrected chi connectivity index (χ3v) is 2.47. The molecule has 0 saturated carbocycles. The number of rotatable bonds is 4. The fraction of sp³-hybridized carbons (Fsp3) is 0.385. The molecule has 3 nitrogen and oxygen atoms in total. The fourth-order valence-corrected chi connectivity index (χ4v) is 1.64. The first-order valence-corrected chi connectivity index (χ1v) is 5.43. The van der Waals surface area contributed by atoms with Gasteiger partial charge in [0.05, 0.1) is 29.8 Å². The summed E-state index contributed by atoms with van der Waals surface area (Å²) in [4.78, 5) is 1.82. The summed E-state index contributed by atoms with van der Waals surface area (Å²) in [6.45, 7) is 4.36. The molecule has 17 heavy (non-hydrogen) atoms. The Morgan fingerprint density at radius 2 is 2.06 bits per heavy atom. The topological polar surface area (TPSA) is 50.8 Å². The van der Waals surface area contributed by atoms with Crippen molar-refractivity contribution in [3.05, 3.63) is 29.6 Å². The van der Waals surface area contributed by atoms with Gasteiger partial charge in [-0.25, -0.2) is 4.39 Å². The number of halogens is 1. The molecule has 0 aliphatic rings. The summed E-state index contributed by atoms with van der Waals surface area (Å²) in [5, 5.41) is 17.3. The van der Waals surface area contributed by atoms with E-state index in [2.05, 4.69) is 0 Å². The molecular weight excluding hydrogens is 217 g/mol. The van der Waals surface area contributed by atoms with Gasteiger partial charge in [0.2, 0.25) is 0 Å². The lowest BCUT2D eigenvalue weighted by Gasteiger charge is -2.28. The van der Waals surface area contributed by atoms with Gasteiger partial charge in [-0.3, -0.25) is 0 Å². The maximum absolute atomic E-state index is 13.8. The fourth-order valence-electron chi connectivity index (χ4n) is 1.64. The maximum atomic E-state index is 13.8. The van der Waals surface area contributed by atoms with Gasteiger partial charge in [0.15, 0.2) is 0 Å². The third kappa shape index (κ3) is 3.19. The predicted molar refractivity (Wildman–Crippen MR) is 63.8 cm³/mol. The van der Waals surface area contributed by atoms with Gasteiger partial charge >= 0.3 is 0 Å². The van der Waals surface area contributed by atoms with Crippen molar-refractivity contribution in [2.45, 2.75) is 26.3 Å². The van der Waals surface area contributed by atoms with Gasteiger partial charge in [0.25, 0.3) is 0 Å². The van der Waals surface area contributed by atoms with Gasteiger partial charge in [-0.2, -0.15) is 10.5 Å². The van der Waals surface area contributed by atoms with Crippen molar-refractivity contribution in [1.82, 2.24) is 0 Å². The average molecular weight is 231 g/mol. The number of nitrogens with zero attached hydrogens (tertiary/aromatic N) is 3. The second-order valence-electron chi connectivity index (χ2n) is 3.97. The highest BCUT2D eigenvalue weighted by Gasteiger charge is 2.14. The third-order valence-electron chi connectivity index (χ3n) is 2.47. The molecule has 1 aromatic carbocycles. The summed E-state index contributed by atoms with van der Waals surface area (Å²) in [6, 6.07) is 8.44. The van der Waals surface area contributed by atoms with Crippen LogP contribution in [0.15, 0.2) is 18.2 Å². The highest BCUT2D eigenvalue weighted by Crippen LogP contribution is 2.22. The zero-order valence-electron chi connectivity index (χ0n) is 9.94. The molecule has 0 fully saturated rings. The number of hydrogen-bond donors (Lipinski definition) is 0. The molecule has 0 N–H and O–H groups in total. The molecular formula is C13H14FN3. The summed E-state index contributed by atoms with van der Waals surface area (Å²) < 4.78 is 13.8. The summed E-state index contributed by atoms with van der Waals surface area (Å²) in [7, 11) is 0. The van der Waals surface area contributed by atoms with Crippen LogP contribution in [0.4, 0.5) is 10.1 Å². The zero-order chi connectivity index (χ0) is 12.8.